The number of halogens is 2. The fourth-order valence-electron chi connectivity index (χ4n) is 4.38. The van der Waals surface area contributed by atoms with Gasteiger partial charge in [0.1, 0.15) is 5.82 Å². The molecule has 2 aromatic carbocycles. The van der Waals surface area contributed by atoms with Crippen molar-refractivity contribution in [2.45, 2.75) is 45.6 Å². The number of aromatic nitrogens is 1. The third-order valence-corrected chi connectivity index (χ3v) is 7.16. The molecular formula is C25H27FIN3O2. The molecule has 1 atom stereocenters. The summed E-state index contributed by atoms with van der Waals surface area (Å²) < 4.78 is 16.2. The van der Waals surface area contributed by atoms with Gasteiger partial charge in [-0.3, -0.25) is 9.59 Å². The van der Waals surface area contributed by atoms with E-state index in [2.05, 4.69) is 33.3 Å². The number of nitrogens with zero attached hydrogens (tertiary/aromatic N) is 1. The molecule has 1 amide bonds. The molecule has 0 radical (unpaired) electrons. The molecule has 1 fully saturated rings. The quantitative estimate of drug-likeness (QED) is 0.396. The summed E-state index contributed by atoms with van der Waals surface area (Å²) in [5.41, 5.74) is 4.82. The molecule has 1 aromatic heterocycles. The molecule has 0 aliphatic heterocycles. The average molecular weight is 547 g/mol. The average Bonchev–Trinajstić information content (AvgIpc) is 2.72. The lowest BCUT2D eigenvalue weighted by atomic mass is 9.77. The fourth-order valence-corrected chi connectivity index (χ4v) is 5.11. The highest BCUT2D eigenvalue weighted by Gasteiger charge is 2.31. The minimum Gasteiger partial charge on any atom is -0.345 e. The van der Waals surface area contributed by atoms with Gasteiger partial charge in [0.25, 0.3) is 11.5 Å². The Morgan fingerprint density at radius 3 is 2.66 bits per heavy atom. The lowest BCUT2D eigenvalue weighted by molar-refractivity contribution is 0.0900. The van der Waals surface area contributed by atoms with Crippen molar-refractivity contribution in [1.82, 2.24) is 9.99 Å². The highest BCUT2D eigenvalue weighted by Crippen LogP contribution is 2.38. The summed E-state index contributed by atoms with van der Waals surface area (Å²) in [5.74, 6) is -0.283. The van der Waals surface area contributed by atoms with Gasteiger partial charge in [-0.1, -0.05) is 37.6 Å². The summed E-state index contributed by atoms with van der Waals surface area (Å²) in [6.45, 7) is 4.43. The van der Waals surface area contributed by atoms with Crippen LogP contribution in [0.5, 0.6) is 0 Å². The van der Waals surface area contributed by atoms with E-state index in [4.69, 9.17) is 0 Å². The lowest BCUT2D eigenvalue weighted by Crippen LogP contribution is -2.39. The Morgan fingerprint density at radius 1 is 1.25 bits per heavy atom. The van der Waals surface area contributed by atoms with Gasteiger partial charge in [-0.25, -0.2) is 9.07 Å². The Balaban J connectivity index is 1.81. The van der Waals surface area contributed by atoms with E-state index in [1.807, 2.05) is 31.2 Å². The van der Waals surface area contributed by atoms with Crippen molar-refractivity contribution in [1.29, 1.82) is 0 Å². The predicted molar refractivity (Wildman–Crippen MR) is 134 cm³/mol. The molecule has 0 spiro atoms. The first kappa shape index (κ1) is 22.8. The molecule has 1 aliphatic carbocycles. The van der Waals surface area contributed by atoms with E-state index in [9.17, 15) is 14.0 Å². The number of benzene rings is 2. The van der Waals surface area contributed by atoms with Gasteiger partial charge in [-0.05, 0) is 78.5 Å². The van der Waals surface area contributed by atoms with Gasteiger partial charge in [0.2, 0.25) is 0 Å². The third-order valence-electron chi connectivity index (χ3n) is 6.26. The van der Waals surface area contributed by atoms with Crippen LogP contribution in [0.4, 0.5) is 4.39 Å². The van der Waals surface area contributed by atoms with Crippen LogP contribution < -0.4 is 16.3 Å². The maximum Gasteiger partial charge on any atom is 0.278 e. The molecule has 1 heterocycles. The largest absolute Gasteiger partial charge is 0.345 e. The second-order valence-corrected chi connectivity index (χ2v) is 9.53. The van der Waals surface area contributed by atoms with E-state index in [1.54, 1.807) is 13.0 Å². The van der Waals surface area contributed by atoms with Crippen LogP contribution in [-0.4, -0.2) is 17.1 Å². The Morgan fingerprint density at radius 2 is 2.00 bits per heavy atom. The van der Waals surface area contributed by atoms with Gasteiger partial charge in [0, 0.05) is 15.5 Å². The molecule has 4 rings (SSSR count). The molecule has 3 aromatic rings. The smallest absolute Gasteiger partial charge is 0.278 e. The van der Waals surface area contributed by atoms with Crippen molar-refractivity contribution in [2.75, 3.05) is 12.0 Å². The number of hydrogen-bond donors (Lipinski definition) is 2. The van der Waals surface area contributed by atoms with E-state index in [1.165, 1.54) is 16.8 Å². The standard InChI is InChI=1S/C25H27FIN3O2/c1-3-13-28-30-15(2)21(19-11-6-12-20(27)22(19)25(30)32)24(31)29-23(16-7-4-8-16)17-9-5-10-18(26)14-17/h5-6,9-12,14,16,23,28H,3-4,7-8,13H2,1-2H3,(H,29,31)/t23-/m0/s1. The highest BCUT2D eigenvalue weighted by atomic mass is 127. The van der Waals surface area contributed by atoms with Crippen molar-refractivity contribution in [3.05, 3.63) is 79.0 Å². The van der Waals surface area contributed by atoms with Crippen molar-refractivity contribution in [3.63, 3.8) is 0 Å². The van der Waals surface area contributed by atoms with E-state index >= 15 is 0 Å². The third kappa shape index (κ3) is 4.27. The normalized spacial score (nSPS) is 14.8. The van der Waals surface area contributed by atoms with E-state index in [-0.39, 0.29) is 29.2 Å². The van der Waals surface area contributed by atoms with Gasteiger partial charge < -0.3 is 10.7 Å². The number of carbonyl (C=O) groups excluding carboxylic acids is 1. The van der Waals surface area contributed by atoms with Crippen LogP contribution in [0.1, 0.15) is 60.3 Å². The maximum absolute atomic E-state index is 13.9. The first-order valence-electron chi connectivity index (χ1n) is 11.1. The van der Waals surface area contributed by atoms with Crippen LogP contribution in [-0.2, 0) is 0 Å². The number of carbonyl (C=O) groups is 1. The van der Waals surface area contributed by atoms with Crippen LogP contribution in [0, 0.1) is 22.2 Å². The van der Waals surface area contributed by atoms with Crippen molar-refractivity contribution >= 4 is 39.3 Å². The fraction of sp³-hybridized carbons (Fsp3) is 0.360. The zero-order valence-corrected chi connectivity index (χ0v) is 20.4. The second kappa shape index (κ2) is 9.60. The molecular weight excluding hydrogens is 520 g/mol. The van der Waals surface area contributed by atoms with E-state index < -0.39 is 0 Å². The number of rotatable bonds is 7. The molecule has 0 saturated heterocycles. The van der Waals surface area contributed by atoms with Crippen molar-refractivity contribution in [2.24, 2.45) is 5.92 Å². The van der Waals surface area contributed by atoms with E-state index in [0.717, 1.165) is 34.8 Å². The minimum atomic E-state index is -0.311. The summed E-state index contributed by atoms with van der Waals surface area (Å²) in [4.78, 5) is 26.9. The van der Waals surface area contributed by atoms with Crippen LogP contribution >= 0.6 is 22.6 Å². The summed E-state index contributed by atoms with van der Waals surface area (Å²) in [6, 6.07) is 11.7. The zero-order chi connectivity index (χ0) is 22.8. The summed E-state index contributed by atoms with van der Waals surface area (Å²) in [5, 5.41) is 4.35. The number of pyridine rings is 1. The summed E-state index contributed by atoms with van der Waals surface area (Å²) >= 11 is 2.14. The number of nitrogens with one attached hydrogen (secondary N) is 2. The molecule has 7 heteroatoms. The molecule has 2 N–H and O–H groups in total. The Bertz CT molecular complexity index is 1220. The molecule has 1 aliphatic rings. The summed E-state index contributed by atoms with van der Waals surface area (Å²) in [6.07, 6.45) is 3.95. The van der Waals surface area contributed by atoms with Crippen LogP contribution in [0.25, 0.3) is 10.8 Å². The predicted octanol–water partition coefficient (Wildman–Crippen LogP) is 5.28. The second-order valence-electron chi connectivity index (χ2n) is 8.37. The van der Waals surface area contributed by atoms with Gasteiger partial charge in [-0.15, -0.1) is 0 Å². The minimum absolute atomic E-state index is 0.159. The van der Waals surface area contributed by atoms with Gasteiger partial charge in [0.05, 0.1) is 22.7 Å². The number of amides is 1. The SMILES string of the molecule is CCCNn1c(C)c(C(=O)N[C@H](c2cccc(F)c2)C2CCC2)c2cccc(I)c2c1=O. The summed E-state index contributed by atoms with van der Waals surface area (Å²) in [7, 11) is 0. The number of fused-ring (bicyclic) bond motifs is 1. The van der Waals surface area contributed by atoms with Gasteiger partial charge in [-0.2, -0.15) is 0 Å². The first-order valence-corrected chi connectivity index (χ1v) is 12.1. The lowest BCUT2D eigenvalue weighted by Gasteiger charge is -2.35. The molecule has 5 nitrogen and oxygen atoms in total. The Kier molecular flexibility index (Phi) is 6.83. The van der Waals surface area contributed by atoms with Gasteiger partial charge in [0.15, 0.2) is 0 Å². The topological polar surface area (TPSA) is 63.1 Å². The molecule has 168 valence electrons. The highest BCUT2D eigenvalue weighted by molar-refractivity contribution is 14.1. The molecule has 0 bridgehead atoms. The van der Waals surface area contributed by atoms with Crippen LogP contribution in [0.3, 0.4) is 0 Å². The van der Waals surface area contributed by atoms with Crippen molar-refractivity contribution in [3.8, 4) is 0 Å². The Hall–Kier alpha value is -2.42. The Labute approximate surface area is 200 Å². The number of hydrogen-bond acceptors (Lipinski definition) is 3. The van der Waals surface area contributed by atoms with Gasteiger partial charge >= 0.3 is 0 Å². The molecule has 1 saturated carbocycles. The van der Waals surface area contributed by atoms with Crippen molar-refractivity contribution < 1.29 is 9.18 Å². The molecule has 0 unspecified atom stereocenters. The first-order chi connectivity index (χ1) is 15.4. The van der Waals surface area contributed by atoms with E-state index in [0.29, 0.717) is 28.6 Å². The van der Waals surface area contributed by atoms with Crippen LogP contribution in [0.2, 0.25) is 0 Å². The molecule has 32 heavy (non-hydrogen) atoms. The monoisotopic (exact) mass is 547 g/mol. The maximum atomic E-state index is 13.9. The van der Waals surface area contributed by atoms with Crippen LogP contribution in [0.15, 0.2) is 47.3 Å². The zero-order valence-electron chi connectivity index (χ0n) is 18.3.